The van der Waals surface area contributed by atoms with E-state index in [0.29, 0.717) is 12.1 Å². The molecular formula is C11H15NO3. The molecule has 0 saturated carbocycles. The largest absolute Gasteiger partial charge is 0.496 e. The SMILES string of the molecule is CNCc1cc(C(=O)OC)ccc1OC. The van der Waals surface area contributed by atoms with Gasteiger partial charge in [0.05, 0.1) is 19.8 Å². The highest BCUT2D eigenvalue weighted by molar-refractivity contribution is 5.89. The number of benzene rings is 1. The number of carbonyl (C=O) groups excluding carboxylic acids is 1. The zero-order valence-corrected chi connectivity index (χ0v) is 9.16. The monoisotopic (exact) mass is 209 g/mol. The summed E-state index contributed by atoms with van der Waals surface area (Å²) in [7, 11) is 4.81. The molecule has 0 heterocycles. The van der Waals surface area contributed by atoms with Crippen LogP contribution in [0.1, 0.15) is 15.9 Å². The summed E-state index contributed by atoms with van der Waals surface area (Å²) in [6.45, 7) is 0.647. The average Bonchev–Trinajstić information content (AvgIpc) is 2.28. The predicted molar refractivity (Wildman–Crippen MR) is 57.1 cm³/mol. The third-order valence-electron chi connectivity index (χ3n) is 2.07. The van der Waals surface area contributed by atoms with Gasteiger partial charge in [0.25, 0.3) is 0 Å². The summed E-state index contributed by atoms with van der Waals surface area (Å²) in [5.41, 5.74) is 1.46. The lowest BCUT2D eigenvalue weighted by Crippen LogP contribution is -2.09. The number of nitrogens with one attached hydrogen (secondary N) is 1. The maximum Gasteiger partial charge on any atom is 0.337 e. The molecule has 0 saturated heterocycles. The van der Waals surface area contributed by atoms with Crippen LogP contribution < -0.4 is 10.1 Å². The van der Waals surface area contributed by atoms with Crippen molar-refractivity contribution in [2.24, 2.45) is 0 Å². The summed E-state index contributed by atoms with van der Waals surface area (Å²) >= 11 is 0. The molecule has 1 N–H and O–H groups in total. The molecule has 0 unspecified atom stereocenters. The molecule has 0 radical (unpaired) electrons. The van der Waals surface area contributed by atoms with Crippen molar-refractivity contribution < 1.29 is 14.3 Å². The summed E-state index contributed by atoms with van der Waals surface area (Å²) in [6, 6.07) is 5.21. The number of esters is 1. The van der Waals surface area contributed by atoms with Gasteiger partial charge in [-0.15, -0.1) is 0 Å². The Labute approximate surface area is 89.2 Å². The van der Waals surface area contributed by atoms with Crippen LogP contribution in [0, 0.1) is 0 Å². The summed E-state index contributed by atoms with van der Waals surface area (Å²) in [5.74, 6) is 0.423. The van der Waals surface area contributed by atoms with E-state index in [1.54, 1.807) is 25.3 Å². The fourth-order valence-corrected chi connectivity index (χ4v) is 1.35. The molecule has 1 aromatic rings. The fraction of sp³-hybridized carbons (Fsp3) is 0.364. The Hall–Kier alpha value is -1.55. The van der Waals surface area contributed by atoms with Gasteiger partial charge >= 0.3 is 5.97 Å². The molecule has 4 nitrogen and oxygen atoms in total. The topological polar surface area (TPSA) is 47.6 Å². The molecule has 15 heavy (non-hydrogen) atoms. The Balaban J connectivity index is 3.04. The first-order valence-corrected chi connectivity index (χ1v) is 4.62. The molecule has 1 aromatic carbocycles. The second kappa shape index (κ2) is 5.36. The van der Waals surface area contributed by atoms with Crippen LogP contribution in [0.15, 0.2) is 18.2 Å². The Kier molecular flexibility index (Phi) is 4.12. The van der Waals surface area contributed by atoms with Crippen molar-refractivity contribution in [1.29, 1.82) is 0 Å². The van der Waals surface area contributed by atoms with Crippen LogP contribution in [0.3, 0.4) is 0 Å². The maximum absolute atomic E-state index is 11.3. The Morgan fingerprint density at radius 3 is 2.67 bits per heavy atom. The highest BCUT2D eigenvalue weighted by Gasteiger charge is 2.09. The molecule has 0 aliphatic heterocycles. The van der Waals surface area contributed by atoms with E-state index in [-0.39, 0.29) is 5.97 Å². The van der Waals surface area contributed by atoms with Crippen molar-refractivity contribution in [3.05, 3.63) is 29.3 Å². The van der Waals surface area contributed by atoms with Crippen molar-refractivity contribution >= 4 is 5.97 Å². The normalized spacial score (nSPS) is 9.80. The smallest absolute Gasteiger partial charge is 0.337 e. The summed E-state index contributed by atoms with van der Waals surface area (Å²) in [6.07, 6.45) is 0. The van der Waals surface area contributed by atoms with Crippen LogP contribution in [-0.2, 0) is 11.3 Å². The second-order valence-corrected chi connectivity index (χ2v) is 3.05. The van der Waals surface area contributed by atoms with Crippen molar-refractivity contribution in [3.8, 4) is 5.75 Å². The summed E-state index contributed by atoms with van der Waals surface area (Å²) in [5, 5.41) is 3.01. The van der Waals surface area contributed by atoms with E-state index in [9.17, 15) is 4.79 Å². The summed E-state index contributed by atoms with van der Waals surface area (Å²) < 4.78 is 9.82. The van der Waals surface area contributed by atoms with Crippen LogP contribution in [-0.4, -0.2) is 27.2 Å². The van der Waals surface area contributed by atoms with Gasteiger partial charge in [0.15, 0.2) is 0 Å². The molecule has 0 aromatic heterocycles. The molecule has 0 fully saturated rings. The lowest BCUT2D eigenvalue weighted by molar-refractivity contribution is 0.0600. The van der Waals surface area contributed by atoms with Crippen LogP contribution in [0.25, 0.3) is 0 Å². The molecule has 0 bridgehead atoms. The van der Waals surface area contributed by atoms with E-state index < -0.39 is 0 Å². The van der Waals surface area contributed by atoms with Crippen LogP contribution in [0.4, 0.5) is 0 Å². The third kappa shape index (κ3) is 2.70. The zero-order chi connectivity index (χ0) is 11.3. The molecular weight excluding hydrogens is 194 g/mol. The quantitative estimate of drug-likeness (QED) is 0.757. The summed E-state index contributed by atoms with van der Waals surface area (Å²) in [4.78, 5) is 11.3. The number of carbonyl (C=O) groups is 1. The van der Waals surface area contributed by atoms with Gasteiger partial charge < -0.3 is 14.8 Å². The molecule has 0 atom stereocenters. The first-order chi connectivity index (χ1) is 7.22. The highest BCUT2D eigenvalue weighted by atomic mass is 16.5. The van der Waals surface area contributed by atoms with Crippen molar-refractivity contribution in [1.82, 2.24) is 5.32 Å². The van der Waals surface area contributed by atoms with Crippen molar-refractivity contribution in [2.75, 3.05) is 21.3 Å². The van der Waals surface area contributed by atoms with Gasteiger partial charge in [0, 0.05) is 12.1 Å². The number of hydrogen-bond donors (Lipinski definition) is 1. The molecule has 4 heteroatoms. The van der Waals surface area contributed by atoms with E-state index in [1.807, 2.05) is 7.05 Å². The van der Waals surface area contributed by atoms with Crippen molar-refractivity contribution in [3.63, 3.8) is 0 Å². The van der Waals surface area contributed by atoms with Gasteiger partial charge in [-0.1, -0.05) is 0 Å². The zero-order valence-electron chi connectivity index (χ0n) is 9.16. The predicted octanol–water partition coefficient (Wildman–Crippen LogP) is 1.20. The highest BCUT2D eigenvalue weighted by Crippen LogP contribution is 2.20. The lowest BCUT2D eigenvalue weighted by atomic mass is 10.1. The number of ether oxygens (including phenoxy) is 2. The van der Waals surface area contributed by atoms with E-state index >= 15 is 0 Å². The van der Waals surface area contributed by atoms with Crippen LogP contribution >= 0.6 is 0 Å². The molecule has 1 rings (SSSR count). The Morgan fingerprint density at radius 1 is 1.40 bits per heavy atom. The van der Waals surface area contributed by atoms with Crippen LogP contribution in [0.5, 0.6) is 5.75 Å². The van der Waals surface area contributed by atoms with Crippen LogP contribution in [0.2, 0.25) is 0 Å². The minimum atomic E-state index is -0.338. The van der Waals surface area contributed by atoms with E-state index in [0.717, 1.165) is 11.3 Å². The van der Waals surface area contributed by atoms with Gasteiger partial charge in [-0.25, -0.2) is 4.79 Å². The third-order valence-corrected chi connectivity index (χ3v) is 2.07. The minimum absolute atomic E-state index is 0.338. The molecule has 0 spiro atoms. The van der Waals surface area contributed by atoms with Gasteiger partial charge in [0.1, 0.15) is 5.75 Å². The van der Waals surface area contributed by atoms with Gasteiger partial charge in [0.2, 0.25) is 0 Å². The maximum atomic E-state index is 11.3. The first kappa shape index (κ1) is 11.5. The molecule has 0 amide bonds. The number of methoxy groups -OCH3 is 2. The Morgan fingerprint density at radius 2 is 2.13 bits per heavy atom. The van der Waals surface area contributed by atoms with E-state index in [4.69, 9.17) is 4.74 Å². The fourth-order valence-electron chi connectivity index (χ4n) is 1.35. The molecule has 0 aliphatic carbocycles. The molecule has 82 valence electrons. The van der Waals surface area contributed by atoms with E-state index in [1.165, 1.54) is 7.11 Å². The molecule has 0 aliphatic rings. The van der Waals surface area contributed by atoms with Crippen molar-refractivity contribution in [2.45, 2.75) is 6.54 Å². The number of rotatable bonds is 4. The average molecular weight is 209 g/mol. The van der Waals surface area contributed by atoms with Gasteiger partial charge in [-0.3, -0.25) is 0 Å². The second-order valence-electron chi connectivity index (χ2n) is 3.05. The van der Waals surface area contributed by atoms with Gasteiger partial charge in [-0.05, 0) is 25.2 Å². The first-order valence-electron chi connectivity index (χ1n) is 4.62. The Bertz CT molecular complexity index is 350. The minimum Gasteiger partial charge on any atom is -0.496 e. The van der Waals surface area contributed by atoms with E-state index in [2.05, 4.69) is 10.1 Å². The lowest BCUT2D eigenvalue weighted by Gasteiger charge is -2.09. The van der Waals surface area contributed by atoms with Gasteiger partial charge in [-0.2, -0.15) is 0 Å². The number of hydrogen-bond acceptors (Lipinski definition) is 4. The standard InChI is InChI=1S/C11H15NO3/c1-12-7-9-6-8(11(13)15-3)4-5-10(9)14-2/h4-6,12H,7H2,1-3H3.